The third-order valence-corrected chi connectivity index (χ3v) is 5.68. The van der Waals surface area contributed by atoms with Crippen LogP contribution in [0.25, 0.3) is 18.5 Å². The molecule has 0 aliphatic heterocycles. The average Bonchev–Trinajstić information content (AvgIpc) is 3.30. The van der Waals surface area contributed by atoms with Crippen LogP contribution in [0.3, 0.4) is 0 Å². The second kappa shape index (κ2) is 11.7. The van der Waals surface area contributed by atoms with Gasteiger partial charge >= 0.3 is 6.18 Å². The molecule has 0 radical (unpaired) electrons. The fraction of sp³-hybridized carbons (Fsp3) is 0.231. The van der Waals surface area contributed by atoms with Crippen LogP contribution in [0.4, 0.5) is 18.9 Å². The number of aromatic nitrogens is 3. The molecule has 0 bridgehead atoms. The molecule has 3 aromatic rings. The maximum atomic E-state index is 13.6. The summed E-state index contributed by atoms with van der Waals surface area (Å²) in [6.45, 7) is 10.7. The van der Waals surface area contributed by atoms with Crippen molar-refractivity contribution >= 4 is 41.8 Å². The van der Waals surface area contributed by atoms with E-state index in [9.17, 15) is 22.8 Å². The predicted octanol–water partition coefficient (Wildman–Crippen LogP) is 3.71. The lowest BCUT2D eigenvalue weighted by Crippen LogP contribution is -2.40. The standard InChI is InChI=1S/C26H26ClF3N6O3/c1-13(2)32-25(38)21-17(9-8-16(5)35-39)14(3)11-15(4)22(21)33-24(37)19-12-20(26(28,29)30)34-36(19)23-18(27)7-6-10-31-23/h6-13,35,39H,3H2,1-2,4-5H3,(H,32,38)(H,33,37)/b16-8-,17-9+. The van der Waals surface area contributed by atoms with Crippen molar-refractivity contribution in [2.75, 3.05) is 5.32 Å². The Bertz CT molecular complexity index is 1560. The highest BCUT2D eigenvalue weighted by molar-refractivity contribution is 6.32. The second-order valence-corrected chi connectivity index (χ2v) is 9.27. The maximum absolute atomic E-state index is 13.6. The third kappa shape index (κ3) is 6.65. The molecule has 3 rings (SSSR count). The van der Waals surface area contributed by atoms with Gasteiger partial charge in [0.25, 0.3) is 11.8 Å². The Kier molecular flexibility index (Phi) is 8.82. The van der Waals surface area contributed by atoms with Crippen LogP contribution in [0, 0.1) is 6.92 Å². The van der Waals surface area contributed by atoms with Crippen LogP contribution in [-0.2, 0) is 6.18 Å². The van der Waals surface area contributed by atoms with Gasteiger partial charge in [0.15, 0.2) is 11.5 Å². The van der Waals surface area contributed by atoms with Gasteiger partial charge in [-0.15, -0.1) is 0 Å². The topological polar surface area (TPSA) is 121 Å². The number of rotatable bonds is 7. The van der Waals surface area contributed by atoms with E-state index in [1.54, 1.807) is 33.8 Å². The van der Waals surface area contributed by atoms with Crippen molar-refractivity contribution in [1.82, 2.24) is 25.6 Å². The van der Waals surface area contributed by atoms with Crippen LogP contribution >= 0.6 is 11.6 Å². The van der Waals surface area contributed by atoms with Crippen LogP contribution in [0.2, 0.25) is 5.02 Å². The van der Waals surface area contributed by atoms with Gasteiger partial charge in [-0.05, 0) is 68.0 Å². The number of hydrogen-bond donors (Lipinski definition) is 4. The number of alkyl halides is 3. The number of anilines is 1. The molecule has 39 heavy (non-hydrogen) atoms. The quantitative estimate of drug-likeness (QED) is 0.326. The summed E-state index contributed by atoms with van der Waals surface area (Å²) in [5.74, 6) is -1.73. The third-order valence-electron chi connectivity index (χ3n) is 5.38. The van der Waals surface area contributed by atoms with Gasteiger partial charge in [-0.1, -0.05) is 24.3 Å². The van der Waals surface area contributed by atoms with Gasteiger partial charge in [0, 0.05) is 24.0 Å². The van der Waals surface area contributed by atoms with Crippen molar-refractivity contribution in [2.45, 2.75) is 39.9 Å². The number of nitrogens with one attached hydrogen (secondary N) is 3. The smallest absolute Gasteiger partial charge is 0.350 e. The van der Waals surface area contributed by atoms with Crippen LogP contribution in [-0.4, -0.2) is 37.8 Å². The molecule has 4 N–H and O–H groups in total. The van der Waals surface area contributed by atoms with Crippen LogP contribution in [0.1, 0.15) is 52.9 Å². The van der Waals surface area contributed by atoms with Gasteiger partial charge in [-0.2, -0.15) is 18.3 Å². The lowest BCUT2D eigenvalue weighted by atomic mass is 10.0. The zero-order chi connectivity index (χ0) is 29.1. The van der Waals surface area contributed by atoms with E-state index in [1.807, 2.05) is 5.48 Å². The van der Waals surface area contributed by atoms with E-state index in [0.717, 1.165) is 0 Å². The van der Waals surface area contributed by atoms with E-state index in [1.165, 1.54) is 30.5 Å². The molecule has 0 aliphatic carbocycles. The van der Waals surface area contributed by atoms with Crippen LogP contribution < -0.4 is 26.6 Å². The minimum atomic E-state index is -4.86. The zero-order valence-electron chi connectivity index (χ0n) is 21.4. The van der Waals surface area contributed by atoms with E-state index in [0.29, 0.717) is 32.4 Å². The molecule has 0 aliphatic rings. The summed E-state index contributed by atoms with van der Waals surface area (Å²) in [6, 6.07) is 4.78. The fourth-order valence-electron chi connectivity index (χ4n) is 3.62. The first-order valence-electron chi connectivity index (χ1n) is 11.6. The fourth-order valence-corrected chi connectivity index (χ4v) is 3.83. The normalized spacial score (nSPS) is 12.6. The summed E-state index contributed by atoms with van der Waals surface area (Å²) in [5, 5.41) is 18.7. The minimum absolute atomic E-state index is 0.0296. The number of carbonyl (C=O) groups is 2. The number of halogens is 4. The van der Waals surface area contributed by atoms with Gasteiger partial charge in [0.1, 0.15) is 5.69 Å². The number of allylic oxidation sites excluding steroid dienone is 2. The lowest BCUT2D eigenvalue weighted by molar-refractivity contribution is -0.141. The number of hydroxylamine groups is 1. The number of hydrogen-bond acceptors (Lipinski definition) is 6. The summed E-state index contributed by atoms with van der Waals surface area (Å²) >= 11 is 6.14. The van der Waals surface area contributed by atoms with Crippen LogP contribution in [0.5, 0.6) is 0 Å². The van der Waals surface area contributed by atoms with Gasteiger partial charge in [-0.25, -0.2) is 9.67 Å². The number of carbonyl (C=O) groups excluding carboxylic acids is 2. The predicted molar refractivity (Wildman–Crippen MR) is 141 cm³/mol. The highest BCUT2D eigenvalue weighted by Crippen LogP contribution is 2.31. The van der Waals surface area contributed by atoms with Gasteiger partial charge in [0.2, 0.25) is 0 Å². The Balaban J connectivity index is 2.25. The number of amides is 2. The van der Waals surface area contributed by atoms with E-state index in [2.05, 4.69) is 27.3 Å². The minimum Gasteiger partial charge on any atom is -0.350 e. The largest absolute Gasteiger partial charge is 0.435 e. The first-order chi connectivity index (χ1) is 18.2. The summed E-state index contributed by atoms with van der Waals surface area (Å²) in [4.78, 5) is 30.8. The Labute approximate surface area is 226 Å². The summed E-state index contributed by atoms with van der Waals surface area (Å²) in [5.41, 5.74) is 0.996. The number of nitrogens with zero attached hydrogens (tertiary/aromatic N) is 3. The van der Waals surface area contributed by atoms with E-state index in [4.69, 9.17) is 16.8 Å². The molecule has 2 aromatic heterocycles. The molecule has 1 aromatic carbocycles. The molecule has 0 saturated carbocycles. The highest BCUT2D eigenvalue weighted by Gasteiger charge is 2.37. The first kappa shape index (κ1) is 29.4. The SMILES string of the molecule is C=c1cc(C)c(NC(=O)c2cc(C(F)(F)F)nn2-c2ncccc2Cl)c(C(=O)NC(C)C)/c1=C/C=C(/C)NO. The van der Waals surface area contributed by atoms with E-state index < -0.39 is 29.4 Å². The Morgan fingerprint density at radius 3 is 2.51 bits per heavy atom. The molecule has 9 nitrogen and oxygen atoms in total. The van der Waals surface area contributed by atoms with Crippen molar-refractivity contribution in [3.8, 4) is 5.82 Å². The average molecular weight is 563 g/mol. The van der Waals surface area contributed by atoms with Crippen molar-refractivity contribution in [3.05, 3.63) is 80.2 Å². The van der Waals surface area contributed by atoms with Crippen LogP contribution in [0.15, 0.2) is 42.2 Å². The molecule has 206 valence electrons. The Hall–Kier alpha value is -4.16. The first-order valence-corrected chi connectivity index (χ1v) is 11.9. The molecule has 0 saturated heterocycles. The summed E-state index contributed by atoms with van der Waals surface area (Å²) in [7, 11) is 0. The summed E-state index contributed by atoms with van der Waals surface area (Å²) in [6.07, 6.45) is -0.555. The Morgan fingerprint density at radius 1 is 1.23 bits per heavy atom. The number of pyridine rings is 1. The molecule has 2 amide bonds. The molecule has 0 fully saturated rings. The molecule has 13 heteroatoms. The van der Waals surface area contributed by atoms with E-state index in [-0.39, 0.29) is 28.1 Å². The highest BCUT2D eigenvalue weighted by atomic mass is 35.5. The number of aryl methyl sites for hydroxylation is 1. The zero-order valence-corrected chi connectivity index (χ0v) is 22.2. The molecule has 2 heterocycles. The molecule has 0 atom stereocenters. The van der Waals surface area contributed by atoms with Crippen molar-refractivity contribution in [2.24, 2.45) is 0 Å². The van der Waals surface area contributed by atoms with E-state index >= 15 is 0 Å². The second-order valence-electron chi connectivity index (χ2n) is 8.86. The monoisotopic (exact) mass is 562 g/mol. The Morgan fingerprint density at radius 2 is 1.92 bits per heavy atom. The maximum Gasteiger partial charge on any atom is 0.435 e. The molecular weight excluding hydrogens is 537 g/mol. The van der Waals surface area contributed by atoms with Crippen molar-refractivity contribution < 1.29 is 28.0 Å². The molecule has 0 spiro atoms. The van der Waals surface area contributed by atoms with Gasteiger partial charge in [0.05, 0.1) is 16.3 Å². The van der Waals surface area contributed by atoms with Gasteiger partial charge in [-0.3, -0.25) is 20.3 Å². The van der Waals surface area contributed by atoms with Crippen molar-refractivity contribution in [1.29, 1.82) is 0 Å². The summed E-state index contributed by atoms with van der Waals surface area (Å²) < 4.78 is 41.4. The lowest BCUT2D eigenvalue weighted by Gasteiger charge is -2.17. The van der Waals surface area contributed by atoms with Crippen molar-refractivity contribution in [3.63, 3.8) is 0 Å². The molecule has 0 unspecified atom stereocenters. The van der Waals surface area contributed by atoms with Gasteiger partial charge < -0.3 is 10.6 Å². The molecular formula is C26H26ClF3N6O3. The number of benzene rings is 1.